The van der Waals surface area contributed by atoms with E-state index >= 15 is 4.39 Å². The van der Waals surface area contributed by atoms with Crippen molar-refractivity contribution in [3.05, 3.63) is 57.5 Å². The van der Waals surface area contributed by atoms with Gasteiger partial charge in [-0.25, -0.2) is 4.39 Å². The van der Waals surface area contributed by atoms with Crippen molar-refractivity contribution in [3.63, 3.8) is 0 Å². The van der Waals surface area contributed by atoms with Crippen LogP contribution in [0.4, 0.5) is 10.2 Å². The topological polar surface area (TPSA) is 67.1 Å². The number of benzene rings is 1. The Bertz CT molecular complexity index is 932. The molecule has 0 aliphatic heterocycles. The van der Waals surface area contributed by atoms with Crippen molar-refractivity contribution in [2.24, 2.45) is 0 Å². The number of thiophene rings is 1. The summed E-state index contributed by atoms with van der Waals surface area (Å²) in [5, 5.41) is 17.1. The third kappa shape index (κ3) is 3.80. The van der Waals surface area contributed by atoms with Gasteiger partial charge in [0.05, 0.1) is 10.9 Å². The van der Waals surface area contributed by atoms with Crippen LogP contribution in [0.5, 0.6) is 0 Å². The lowest BCUT2D eigenvalue weighted by atomic mass is 10.1. The van der Waals surface area contributed by atoms with Crippen LogP contribution in [0, 0.1) is 5.82 Å². The van der Waals surface area contributed by atoms with Gasteiger partial charge >= 0.3 is 0 Å². The van der Waals surface area contributed by atoms with Crippen molar-refractivity contribution in [3.8, 4) is 11.3 Å². The van der Waals surface area contributed by atoms with Crippen LogP contribution in [-0.2, 0) is 6.54 Å². The van der Waals surface area contributed by atoms with Crippen molar-refractivity contribution in [2.75, 3.05) is 5.32 Å². The van der Waals surface area contributed by atoms with Gasteiger partial charge in [0.2, 0.25) is 0 Å². The van der Waals surface area contributed by atoms with Crippen molar-refractivity contribution >= 4 is 34.7 Å². The molecule has 0 saturated carbocycles. The Labute approximate surface area is 159 Å². The third-order valence-electron chi connectivity index (χ3n) is 3.65. The average Bonchev–Trinajstić information content (AvgIpc) is 3.15. The van der Waals surface area contributed by atoms with Crippen LogP contribution >= 0.6 is 22.9 Å². The minimum absolute atomic E-state index is 0.0370. The smallest absolute Gasteiger partial charge is 0.280 e. The highest BCUT2D eigenvalue weighted by Crippen LogP contribution is 2.29. The van der Waals surface area contributed by atoms with E-state index in [-0.39, 0.29) is 18.1 Å². The minimum Gasteiger partial charge on any atom is -0.381 e. The number of halogens is 2. The fraction of sp³-hybridized carbons (Fsp3) is 0.222. The number of nitrogens with one attached hydrogen (secondary N) is 1. The Morgan fingerprint density at radius 1 is 1.31 bits per heavy atom. The highest BCUT2D eigenvalue weighted by atomic mass is 35.5. The molecule has 3 aromatic rings. The van der Waals surface area contributed by atoms with E-state index < -0.39 is 17.3 Å². The van der Waals surface area contributed by atoms with Crippen LogP contribution in [-0.4, -0.2) is 26.4 Å². The number of carbonyl (C=O) groups excluding carboxylic acids is 1. The highest BCUT2D eigenvalue weighted by molar-refractivity contribution is 7.16. The Morgan fingerprint density at radius 3 is 2.58 bits per heavy atom. The van der Waals surface area contributed by atoms with Gasteiger partial charge in [-0.3, -0.25) is 4.79 Å². The SMILES string of the molecule is CC(C)(O)C(=O)n1nc(-c2ccccc2)c(F)c1NCc1ccc(Cl)s1. The number of aliphatic hydroxyl groups is 1. The van der Waals surface area contributed by atoms with Crippen LogP contribution in [0.15, 0.2) is 42.5 Å². The summed E-state index contributed by atoms with van der Waals surface area (Å²) < 4.78 is 16.5. The zero-order valence-electron chi connectivity index (χ0n) is 14.2. The molecule has 26 heavy (non-hydrogen) atoms. The van der Waals surface area contributed by atoms with E-state index in [9.17, 15) is 9.90 Å². The molecule has 8 heteroatoms. The quantitative estimate of drug-likeness (QED) is 0.673. The first-order valence-electron chi connectivity index (χ1n) is 7.86. The first-order valence-corrected chi connectivity index (χ1v) is 9.06. The maximum Gasteiger partial charge on any atom is 0.280 e. The number of carbonyl (C=O) groups is 1. The van der Waals surface area contributed by atoms with Gasteiger partial charge in [-0.15, -0.1) is 11.3 Å². The highest BCUT2D eigenvalue weighted by Gasteiger charge is 2.31. The molecule has 0 unspecified atom stereocenters. The standard InChI is InChI=1S/C18H17ClFN3O2S/c1-18(2,25)17(24)23-16(21-10-12-8-9-13(19)26-12)14(20)15(22-23)11-6-4-3-5-7-11/h3-9,21,25H,10H2,1-2H3. The molecule has 2 heterocycles. The second-order valence-corrected chi connectivity index (χ2v) is 8.01. The summed E-state index contributed by atoms with van der Waals surface area (Å²) in [7, 11) is 0. The zero-order valence-corrected chi connectivity index (χ0v) is 15.7. The predicted molar refractivity (Wildman–Crippen MR) is 101 cm³/mol. The summed E-state index contributed by atoms with van der Waals surface area (Å²) in [5.41, 5.74) is -1.13. The molecule has 0 aliphatic rings. The molecule has 0 amide bonds. The largest absolute Gasteiger partial charge is 0.381 e. The molecule has 0 aliphatic carbocycles. The first-order chi connectivity index (χ1) is 12.3. The van der Waals surface area contributed by atoms with Gasteiger partial charge in [-0.05, 0) is 26.0 Å². The molecule has 0 saturated heterocycles. The second kappa shape index (κ2) is 7.19. The Morgan fingerprint density at radius 2 is 2.00 bits per heavy atom. The van der Waals surface area contributed by atoms with Gasteiger partial charge in [0.1, 0.15) is 11.3 Å². The number of rotatable bonds is 5. The van der Waals surface area contributed by atoms with Crippen LogP contribution in [0.1, 0.15) is 23.5 Å². The third-order valence-corrected chi connectivity index (χ3v) is 4.88. The molecule has 0 atom stereocenters. The van der Waals surface area contributed by atoms with Crippen molar-refractivity contribution in [1.29, 1.82) is 0 Å². The molecule has 0 spiro atoms. The van der Waals surface area contributed by atoms with E-state index in [4.69, 9.17) is 11.6 Å². The molecule has 1 aromatic carbocycles. The second-order valence-electron chi connectivity index (χ2n) is 6.21. The van der Waals surface area contributed by atoms with Gasteiger partial charge in [0, 0.05) is 10.4 Å². The summed E-state index contributed by atoms with van der Waals surface area (Å²) in [6.45, 7) is 2.94. The fourth-order valence-corrected chi connectivity index (χ4v) is 3.38. The lowest BCUT2D eigenvalue weighted by molar-refractivity contribution is 0.0377. The van der Waals surface area contributed by atoms with Gasteiger partial charge in [0.15, 0.2) is 11.6 Å². The van der Waals surface area contributed by atoms with Crippen molar-refractivity contribution < 1.29 is 14.3 Å². The molecule has 136 valence electrons. The van der Waals surface area contributed by atoms with Crippen molar-refractivity contribution in [1.82, 2.24) is 9.78 Å². The number of aromatic nitrogens is 2. The molecule has 0 fully saturated rings. The van der Waals surface area contributed by atoms with Crippen LogP contribution in [0.25, 0.3) is 11.3 Å². The molecular weight excluding hydrogens is 377 g/mol. The lowest BCUT2D eigenvalue weighted by Gasteiger charge is -2.17. The van der Waals surface area contributed by atoms with E-state index in [1.807, 2.05) is 6.07 Å². The van der Waals surface area contributed by atoms with Gasteiger partial charge < -0.3 is 10.4 Å². The zero-order chi connectivity index (χ0) is 18.9. The molecule has 2 N–H and O–H groups in total. The number of anilines is 1. The minimum atomic E-state index is -1.70. The number of hydrogen-bond donors (Lipinski definition) is 2. The maximum atomic E-state index is 15.0. The Kier molecular flexibility index (Phi) is 5.13. The van der Waals surface area contributed by atoms with E-state index in [2.05, 4.69) is 10.4 Å². The average molecular weight is 394 g/mol. The molecule has 2 aromatic heterocycles. The first kappa shape index (κ1) is 18.6. The summed E-state index contributed by atoms with van der Waals surface area (Å²) in [6.07, 6.45) is 0. The Hall–Kier alpha value is -2.22. The van der Waals surface area contributed by atoms with E-state index in [1.165, 1.54) is 25.2 Å². The molecule has 5 nitrogen and oxygen atoms in total. The predicted octanol–water partition coefficient (Wildman–Crippen LogP) is 4.43. The van der Waals surface area contributed by atoms with Crippen LogP contribution in [0.2, 0.25) is 4.34 Å². The summed E-state index contributed by atoms with van der Waals surface area (Å²) >= 11 is 7.26. The molecule has 3 rings (SSSR count). The number of nitrogens with zero attached hydrogens (tertiary/aromatic N) is 2. The normalized spacial score (nSPS) is 11.6. The van der Waals surface area contributed by atoms with Crippen LogP contribution < -0.4 is 5.32 Å². The van der Waals surface area contributed by atoms with E-state index in [1.54, 1.807) is 36.4 Å². The van der Waals surface area contributed by atoms with Gasteiger partial charge in [-0.2, -0.15) is 9.78 Å². The van der Waals surface area contributed by atoms with E-state index in [0.717, 1.165) is 9.56 Å². The fourth-order valence-electron chi connectivity index (χ4n) is 2.36. The maximum absolute atomic E-state index is 15.0. The summed E-state index contributed by atoms with van der Waals surface area (Å²) in [5.74, 6) is -1.48. The van der Waals surface area contributed by atoms with Crippen LogP contribution in [0.3, 0.4) is 0 Å². The monoisotopic (exact) mass is 393 g/mol. The molecular formula is C18H17ClFN3O2S. The molecule has 0 bridgehead atoms. The van der Waals surface area contributed by atoms with Gasteiger partial charge in [0.25, 0.3) is 5.91 Å². The Balaban J connectivity index is 2.02. The van der Waals surface area contributed by atoms with E-state index in [0.29, 0.717) is 9.90 Å². The number of hydrogen-bond acceptors (Lipinski definition) is 5. The summed E-state index contributed by atoms with van der Waals surface area (Å²) in [4.78, 5) is 13.4. The van der Waals surface area contributed by atoms with Gasteiger partial charge in [-0.1, -0.05) is 41.9 Å². The summed E-state index contributed by atoms with van der Waals surface area (Å²) in [6, 6.07) is 12.3. The lowest BCUT2D eigenvalue weighted by Crippen LogP contribution is -2.37. The molecule has 0 radical (unpaired) electrons. The van der Waals surface area contributed by atoms with Crippen molar-refractivity contribution in [2.45, 2.75) is 26.0 Å².